The van der Waals surface area contributed by atoms with E-state index in [0.29, 0.717) is 34.6 Å². The predicted molar refractivity (Wildman–Crippen MR) is 126 cm³/mol. The number of ether oxygens (including phenoxy) is 1. The van der Waals surface area contributed by atoms with E-state index in [2.05, 4.69) is 31.7 Å². The number of nitrogens with zero attached hydrogens (tertiary/aromatic N) is 5. The molecule has 0 fully saturated rings. The highest BCUT2D eigenvalue weighted by molar-refractivity contribution is 6.11. The summed E-state index contributed by atoms with van der Waals surface area (Å²) in [6.45, 7) is 0.485. The molecule has 5 aromatic rings. The number of carbonyl (C=O) groups is 1. The van der Waals surface area contributed by atoms with E-state index in [-0.39, 0.29) is 5.91 Å². The number of fused-ring (bicyclic) bond motifs is 1. The number of carbonyl (C=O) groups excluding carboxylic acids is 1. The number of hydrogen-bond acceptors (Lipinski definition) is 6. The van der Waals surface area contributed by atoms with Crippen LogP contribution in [0.2, 0.25) is 0 Å². The molecule has 0 aliphatic heterocycles. The Morgan fingerprint density at radius 2 is 2.06 bits per heavy atom. The van der Waals surface area contributed by atoms with Crippen LogP contribution in [0.15, 0.2) is 73.3 Å². The SMILES string of the molecule is COc1cncc(-c2ccc3c(C(=O)Nc4cnn(Cc5cccc(C#N)c5)c4)n[nH]c3c2)c1. The zero-order valence-corrected chi connectivity index (χ0v) is 18.2. The lowest BCUT2D eigenvalue weighted by molar-refractivity contribution is 0.102. The van der Waals surface area contributed by atoms with E-state index < -0.39 is 0 Å². The summed E-state index contributed by atoms with van der Waals surface area (Å²) in [5, 5.41) is 24.1. The second kappa shape index (κ2) is 8.88. The molecule has 2 aromatic carbocycles. The monoisotopic (exact) mass is 449 g/mol. The van der Waals surface area contributed by atoms with Gasteiger partial charge in [0.15, 0.2) is 5.69 Å². The molecule has 0 aliphatic rings. The standard InChI is InChI=1S/C25H19N7O2/c1-34-21-8-19(11-27-13-21)18-5-6-22-23(9-18)30-31-24(22)25(33)29-20-12-28-32(15-20)14-17-4-2-3-16(7-17)10-26/h2-9,11-13,15H,14H2,1H3,(H,29,33)(H,30,31). The van der Waals surface area contributed by atoms with E-state index in [1.165, 1.54) is 0 Å². The van der Waals surface area contributed by atoms with Crippen molar-refractivity contribution >= 4 is 22.5 Å². The number of benzene rings is 2. The molecule has 0 spiro atoms. The maximum Gasteiger partial charge on any atom is 0.276 e. The number of aromatic amines is 1. The molecule has 0 bridgehead atoms. The van der Waals surface area contributed by atoms with E-state index in [1.54, 1.807) is 42.6 Å². The summed E-state index contributed by atoms with van der Waals surface area (Å²) in [5.41, 5.74) is 4.94. The molecule has 0 saturated heterocycles. The zero-order chi connectivity index (χ0) is 23.5. The lowest BCUT2D eigenvalue weighted by atomic mass is 10.0. The van der Waals surface area contributed by atoms with Crippen molar-refractivity contribution in [2.45, 2.75) is 6.54 Å². The van der Waals surface area contributed by atoms with Gasteiger partial charge in [-0.05, 0) is 41.5 Å². The van der Waals surface area contributed by atoms with Gasteiger partial charge < -0.3 is 10.1 Å². The summed E-state index contributed by atoms with van der Waals surface area (Å²) in [7, 11) is 1.60. The Kier molecular flexibility index (Phi) is 5.46. The van der Waals surface area contributed by atoms with Gasteiger partial charge in [-0.1, -0.05) is 18.2 Å². The summed E-state index contributed by atoms with van der Waals surface area (Å²) in [6, 6.07) is 17.0. The van der Waals surface area contributed by atoms with E-state index in [1.807, 2.05) is 42.5 Å². The van der Waals surface area contributed by atoms with Crippen molar-refractivity contribution in [2.75, 3.05) is 12.4 Å². The first kappa shape index (κ1) is 20.9. The summed E-state index contributed by atoms with van der Waals surface area (Å²) in [4.78, 5) is 17.1. The number of anilines is 1. The molecule has 5 rings (SSSR count). The smallest absolute Gasteiger partial charge is 0.276 e. The second-order valence-electron chi connectivity index (χ2n) is 7.64. The number of hydrogen-bond donors (Lipinski definition) is 2. The predicted octanol–water partition coefficient (Wildman–Crippen LogP) is 4.00. The number of aromatic nitrogens is 5. The average Bonchev–Trinajstić information content (AvgIpc) is 3.50. The molecule has 0 radical (unpaired) electrons. The lowest BCUT2D eigenvalue weighted by Crippen LogP contribution is -2.12. The van der Waals surface area contributed by atoms with Gasteiger partial charge in [-0.3, -0.25) is 19.6 Å². The first-order chi connectivity index (χ1) is 16.6. The molecule has 3 heterocycles. The van der Waals surface area contributed by atoms with Crippen LogP contribution < -0.4 is 10.1 Å². The van der Waals surface area contributed by atoms with E-state index in [9.17, 15) is 4.79 Å². The fourth-order valence-corrected chi connectivity index (χ4v) is 3.69. The Hall–Kier alpha value is -4.97. The van der Waals surface area contributed by atoms with E-state index in [0.717, 1.165) is 22.2 Å². The van der Waals surface area contributed by atoms with Crippen LogP contribution >= 0.6 is 0 Å². The van der Waals surface area contributed by atoms with Crippen LogP contribution in [0.3, 0.4) is 0 Å². The fraction of sp³-hybridized carbons (Fsp3) is 0.0800. The third-order valence-corrected chi connectivity index (χ3v) is 5.35. The average molecular weight is 449 g/mol. The van der Waals surface area contributed by atoms with Crippen molar-refractivity contribution in [3.05, 3.63) is 90.1 Å². The molecule has 2 N–H and O–H groups in total. The molecule has 166 valence electrons. The molecular weight excluding hydrogens is 430 g/mol. The second-order valence-corrected chi connectivity index (χ2v) is 7.64. The van der Waals surface area contributed by atoms with Gasteiger partial charge in [0, 0.05) is 23.3 Å². The maximum absolute atomic E-state index is 12.9. The van der Waals surface area contributed by atoms with E-state index >= 15 is 0 Å². The van der Waals surface area contributed by atoms with Crippen molar-refractivity contribution < 1.29 is 9.53 Å². The van der Waals surface area contributed by atoms with Crippen molar-refractivity contribution in [1.29, 1.82) is 5.26 Å². The number of H-pyrrole nitrogens is 1. The number of pyridine rings is 1. The van der Waals surface area contributed by atoms with Crippen LogP contribution in [0.25, 0.3) is 22.0 Å². The Morgan fingerprint density at radius 1 is 1.15 bits per heavy atom. The van der Waals surface area contributed by atoms with Crippen LogP contribution in [0, 0.1) is 11.3 Å². The van der Waals surface area contributed by atoms with Crippen molar-refractivity contribution in [3.63, 3.8) is 0 Å². The molecule has 3 aromatic heterocycles. The maximum atomic E-state index is 12.9. The molecule has 0 saturated carbocycles. The minimum Gasteiger partial charge on any atom is -0.495 e. The largest absolute Gasteiger partial charge is 0.495 e. The highest BCUT2D eigenvalue weighted by atomic mass is 16.5. The minimum atomic E-state index is -0.340. The fourth-order valence-electron chi connectivity index (χ4n) is 3.69. The Morgan fingerprint density at radius 3 is 2.91 bits per heavy atom. The van der Waals surface area contributed by atoms with Crippen LogP contribution in [-0.4, -0.2) is 38.0 Å². The number of rotatable bonds is 6. The van der Waals surface area contributed by atoms with Crippen molar-refractivity contribution in [1.82, 2.24) is 25.0 Å². The first-order valence-electron chi connectivity index (χ1n) is 10.4. The molecule has 1 amide bonds. The number of nitrogens with one attached hydrogen (secondary N) is 2. The van der Waals surface area contributed by atoms with Gasteiger partial charge >= 0.3 is 0 Å². The zero-order valence-electron chi connectivity index (χ0n) is 18.2. The number of nitriles is 1. The molecule has 0 atom stereocenters. The van der Waals surface area contributed by atoms with Gasteiger partial charge in [-0.2, -0.15) is 15.5 Å². The lowest BCUT2D eigenvalue weighted by Gasteiger charge is -2.04. The first-order valence-corrected chi connectivity index (χ1v) is 10.4. The van der Waals surface area contributed by atoms with Crippen LogP contribution in [0.1, 0.15) is 21.6 Å². The van der Waals surface area contributed by atoms with Crippen molar-refractivity contribution in [3.8, 4) is 22.9 Å². The number of amides is 1. The Labute approximate surface area is 194 Å². The quantitative estimate of drug-likeness (QED) is 0.404. The third kappa shape index (κ3) is 4.20. The van der Waals surface area contributed by atoms with Gasteiger partial charge in [0.25, 0.3) is 5.91 Å². The highest BCUT2D eigenvalue weighted by Gasteiger charge is 2.16. The normalized spacial score (nSPS) is 10.7. The van der Waals surface area contributed by atoms with Crippen LogP contribution in [0.4, 0.5) is 5.69 Å². The summed E-state index contributed by atoms with van der Waals surface area (Å²) in [5.74, 6) is 0.327. The molecule has 9 heteroatoms. The Bertz CT molecular complexity index is 1540. The van der Waals surface area contributed by atoms with Gasteiger partial charge in [0.05, 0.1) is 48.9 Å². The molecule has 9 nitrogen and oxygen atoms in total. The highest BCUT2D eigenvalue weighted by Crippen LogP contribution is 2.27. The van der Waals surface area contributed by atoms with Gasteiger partial charge in [-0.25, -0.2) is 0 Å². The number of methoxy groups -OCH3 is 1. The van der Waals surface area contributed by atoms with E-state index in [4.69, 9.17) is 10.00 Å². The molecule has 34 heavy (non-hydrogen) atoms. The summed E-state index contributed by atoms with van der Waals surface area (Å²) < 4.78 is 6.94. The Balaban J connectivity index is 1.32. The molecule has 0 unspecified atom stereocenters. The van der Waals surface area contributed by atoms with Crippen molar-refractivity contribution in [2.24, 2.45) is 0 Å². The summed E-state index contributed by atoms with van der Waals surface area (Å²) >= 11 is 0. The van der Waals surface area contributed by atoms with Gasteiger partial charge in [0.2, 0.25) is 0 Å². The topological polar surface area (TPSA) is 122 Å². The summed E-state index contributed by atoms with van der Waals surface area (Å²) in [6.07, 6.45) is 6.71. The molecular formula is C25H19N7O2. The van der Waals surface area contributed by atoms with Crippen LogP contribution in [0.5, 0.6) is 5.75 Å². The van der Waals surface area contributed by atoms with Crippen LogP contribution in [-0.2, 0) is 6.54 Å². The molecule has 0 aliphatic carbocycles. The third-order valence-electron chi connectivity index (χ3n) is 5.35. The van der Waals surface area contributed by atoms with Gasteiger partial charge in [-0.15, -0.1) is 0 Å². The van der Waals surface area contributed by atoms with Gasteiger partial charge in [0.1, 0.15) is 5.75 Å². The minimum absolute atomic E-state index is 0.291.